The van der Waals surface area contributed by atoms with E-state index in [1.807, 2.05) is 0 Å². The van der Waals surface area contributed by atoms with Gasteiger partial charge in [-0.1, -0.05) is 0 Å². The summed E-state index contributed by atoms with van der Waals surface area (Å²) in [4.78, 5) is 26.8. The van der Waals surface area contributed by atoms with E-state index >= 15 is 0 Å². The van der Waals surface area contributed by atoms with E-state index in [1.54, 1.807) is 0 Å². The van der Waals surface area contributed by atoms with Gasteiger partial charge in [0.25, 0.3) is 0 Å². The largest absolute Gasteiger partial charge is 0.480 e. The predicted octanol–water partition coefficient (Wildman–Crippen LogP) is -0.256. The smallest absolute Gasteiger partial charge is 0.327 e. The number of rotatable bonds is 4. The molecule has 2 aliphatic heterocycles. The molecule has 2 rings (SSSR count). The van der Waals surface area contributed by atoms with Crippen LogP contribution in [0.3, 0.4) is 0 Å². The van der Waals surface area contributed by atoms with Crippen LogP contribution in [0.2, 0.25) is 0 Å². The number of nitrogens with zero attached hydrogens (tertiary/aromatic N) is 2. The Balaban J connectivity index is 1.94. The fourth-order valence-corrected chi connectivity index (χ4v) is 3.23. The molecule has 0 spiro atoms. The van der Waals surface area contributed by atoms with E-state index < -0.39 is 12.0 Å². The van der Waals surface area contributed by atoms with Crippen LogP contribution in [-0.4, -0.2) is 71.6 Å². The molecule has 2 bridgehead atoms. The molecule has 0 aromatic rings. The van der Waals surface area contributed by atoms with Gasteiger partial charge in [-0.2, -0.15) is 0 Å². The normalized spacial score (nSPS) is 29.8. The fourth-order valence-electron chi connectivity index (χ4n) is 3.23. The van der Waals surface area contributed by atoms with Crippen LogP contribution < -0.4 is 5.32 Å². The lowest BCUT2D eigenvalue weighted by atomic mass is 10.1. The van der Waals surface area contributed by atoms with Crippen molar-refractivity contribution in [3.8, 4) is 0 Å². The Morgan fingerprint density at radius 3 is 2.63 bits per heavy atom. The van der Waals surface area contributed by atoms with Crippen LogP contribution in [0.5, 0.6) is 0 Å². The number of aliphatic carboxylic acids is 1. The summed E-state index contributed by atoms with van der Waals surface area (Å²) in [6, 6.07) is 0.359. The summed E-state index contributed by atoms with van der Waals surface area (Å²) in [7, 11) is 2.16. The number of nitrogens with one attached hydrogen (secondary N) is 1. The van der Waals surface area contributed by atoms with E-state index in [2.05, 4.69) is 22.2 Å². The summed E-state index contributed by atoms with van der Waals surface area (Å²) >= 11 is 0. The first kappa shape index (κ1) is 14.3. The summed E-state index contributed by atoms with van der Waals surface area (Å²) in [5.74, 6) is -1.25. The van der Waals surface area contributed by atoms with Crippen molar-refractivity contribution in [1.82, 2.24) is 15.1 Å². The number of likely N-dealkylation sites (tertiary alicyclic amines) is 1. The number of hydrogen-bond acceptors (Lipinski definition) is 4. The Morgan fingerprint density at radius 1 is 1.32 bits per heavy atom. The Kier molecular flexibility index (Phi) is 4.42. The number of carboxylic acid groups (broad SMARTS) is 1. The predicted molar refractivity (Wildman–Crippen MR) is 70.9 cm³/mol. The molecule has 3 atom stereocenters. The summed E-state index contributed by atoms with van der Waals surface area (Å²) < 4.78 is 0. The Labute approximate surface area is 113 Å². The monoisotopic (exact) mass is 269 g/mol. The molecule has 2 heterocycles. The third kappa shape index (κ3) is 3.45. The molecule has 2 N–H and O–H groups in total. The molecule has 0 aromatic carbocycles. The zero-order chi connectivity index (χ0) is 14.0. The van der Waals surface area contributed by atoms with Gasteiger partial charge >= 0.3 is 5.97 Å². The van der Waals surface area contributed by atoms with Crippen molar-refractivity contribution >= 4 is 11.9 Å². The molecule has 0 radical (unpaired) electrons. The minimum absolute atomic E-state index is 0.291. The Bertz CT molecular complexity index is 361. The van der Waals surface area contributed by atoms with Crippen LogP contribution >= 0.6 is 0 Å². The zero-order valence-corrected chi connectivity index (χ0v) is 11.6. The fraction of sp³-hybridized carbons (Fsp3) is 0.846. The lowest BCUT2D eigenvalue weighted by Gasteiger charge is -2.28. The van der Waals surface area contributed by atoms with Gasteiger partial charge < -0.3 is 10.4 Å². The van der Waals surface area contributed by atoms with Crippen molar-refractivity contribution in [3.05, 3.63) is 0 Å². The minimum atomic E-state index is -0.960. The van der Waals surface area contributed by atoms with E-state index in [-0.39, 0.29) is 5.91 Å². The van der Waals surface area contributed by atoms with E-state index in [1.165, 1.54) is 19.8 Å². The minimum Gasteiger partial charge on any atom is -0.480 e. The Hall–Kier alpha value is -1.14. The average molecular weight is 269 g/mol. The highest BCUT2D eigenvalue weighted by molar-refractivity contribution is 5.82. The average Bonchev–Trinajstić information content (AvgIpc) is 2.55. The van der Waals surface area contributed by atoms with Crippen molar-refractivity contribution in [2.45, 2.75) is 44.3 Å². The van der Waals surface area contributed by atoms with Gasteiger partial charge in [0.1, 0.15) is 6.04 Å². The maximum Gasteiger partial charge on any atom is 0.327 e. The lowest BCUT2D eigenvalue weighted by Crippen LogP contribution is -2.49. The highest BCUT2D eigenvalue weighted by atomic mass is 16.4. The third-order valence-corrected chi connectivity index (χ3v) is 4.35. The molecule has 3 unspecified atom stereocenters. The van der Waals surface area contributed by atoms with Crippen LogP contribution in [0.4, 0.5) is 0 Å². The highest BCUT2D eigenvalue weighted by Gasteiger charge is 2.35. The van der Waals surface area contributed by atoms with Gasteiger partial charge in [0.15, 0.2) is 0 Å². The van der Waals surface area contributed by atoms with Gasteiger partial charge in [0.2, 0.25) is 5.91 Å². The quantitative estimate of drug-likeness (QED) is 0.736. The molecule has 108 valence electrons. The van der Waals surface area contributed by atoms with Gasteiger partial charge in [-0.05, 0) is 32.9 Å². The number of hydrogen-bond donors (Lipinski definition) is 2. The second-order valence-electron chi connectivity index (χ2n) is 5.69. The van der Waals surface area contributed by atoms with Crippen LogP contribution in [0.25, 0.3) is 0 Å². The standard InChI is InChI=1S/C13H23N3O3/c1-9(17)14-12(13(18)19)8-16-6-5-10-3-4-11(7-16)15(10)2/h10-12H,3-8H2,1-2H3,(H,14,17)(H,18,19). The van der Waals surface area contributed by atoms with Gasteiger partial charge in [-0.3, -0.25) is 14.6 Å². The molecular weight excluding hydrogens is 246 g/mol. The summed E-state index contributed by atoms with van der Waals surface area (Å²) in [5.41, 5.74) is 0. The van der Waals surface area contributed by atoms with Gasteiger partial charge in [-0.25, -0.2) is 4.79 Å². The van der Waals surface area contributed by atoms with E-state index in [4.69, 9.17) is 5.11 Å². The van der Waals surface area contributed by atoms with Crippen molar-refractivity contribution in [2.75, 3.05) is 26.7 Å². The summed E-state index contributed by atoms with van der Waals surface area (Å²) in [6.07, 6.45) is 3.53. The van der Waals surface area contributed by atoms with Crippen molar-refractivity contribution in [2.24, 2.45) is 0 Å². The maximum atomic E-state index is 11.2. The Morgan fingerprint density at radius 2 is 2.00 bits per heavy atom. The number of likely N-dealkylation sites (N-methyl/N-ethyl adjacent to an activating group) is 1. The molecule has 6 nitrogen and oxygen atoms in total. The first-order valence-corrected chi connectivity index (χ1v) is 6.91. The molecule has 6 heteroatoms. The van der Waals surface area contributed by atoms with Crippen LogP contribution in [0, 0.1) is 0 Å². The van der Waals surface area contributed by atoms with Crippen molar-refractivity contribution < 1.29 is 14.7 Å². The van der Waals surface area contributed by atoms with Crippen LogP contribution in [0.15, 0.2) is 0 Å². The van der Waals surface area contributed by atoms with E-state index in [0.717, 1.165) is 19.5 Å². The van der Waals surface area contributed by atoms with Crippen LogP contribution in [-0.2, 0) is 9.59 Å². The first-order valence-electron chi connectivity index (χ1n) is 6.91. The number of carbonyl (C=O) groups is 2. The topological polar surface area (TPSA) is 72.9 Å². The zero-order valence-electron chi connectivity index (χ0n) is 11.6. The van der Waals surface area contributed by atoms with Crippen LogP contribution in [0.1, 0.15) is 26.2 Å². The van der Waals surface area contributed by atoms with E-state index in [0.29, 0.717) is 18.6 Å². The second kappa shape index (κ2) is 5.88. The summed E-state index contributed by atoms with van der Waals surface area (Å²) in [5, 5.41) is 11.7. The van der Waals surface area contributed by atoms with E-state index in [9.17, 15) is 9.59 Å². The van der Waals surface area contributed by atoms with Crippen molar-refractivity contribution in [3.63, 3.8) is 0 Å². The number of fused-ring (bicyclic) bond motifs is 2. The SMILES string of the molecule is CC(=O)NC(CN1CCC2CCC(C1)N2C)C(=O)O. The number of carbonyl (C=O) groups excluding carboxylic acids is 1. The maximum absolute atomic E-state index is 11.2. The first-order chi connectivity index (χ1) is 8.97. The van der Waals surface area contributed by atoms with Crippen molar-refractivity contribution in [1.29, 1.82) is 0 Å². The molecule has 19 heavy (non-hydrogen) atoms. The molecule has 2 fully saturated rings. The molecule has 2 saturated heterocycles. The molecule has 1 amide bonds. The van der Waals surface area contributed by atoms with Gasteiger partial charge in [-0.15, -0.1) is 0 Å². The molecule has 0 saturated carbocycles. The number of amides is 1. The molecular formula is C13H23N3O3. The third-order valence-electron chi connectivity index (χ3n) is 4.35. The van der Waals surface area contributed by atoms with Gasteiger partial charge in [0.05, 0.1) is 0 Å². The molecule has 2 aliphatic rings. The summed E-state index contributed by atoms with van der Waals surface area (Å²) in [6.45, 7) is 3.56. The molecule has 0 aliphatic carbocycles. The number of carboxylic acids is 1. The van der Waals surface area contributed by atoms with Gasteiger partial charge in [0, 0.05) is 32.1 Å². The highest BCUT2D eigenvalue weighted by Crippen LogP contribution is 2.28. The lowest BCUT2D eigenvalue weighted by molar-refractivity contribution is -0.142. The molecule has 0 aromatic heterocycles. The second-order valence-corrected chi connectivity index (χ2v) is 5.69.